The summed E-state index contributed by atoms with van der Waals surface area (Å²) in [6.45, 7) is 10.3. The number of rotatable bonds is 6. The first kappa shape index (κ1) is 15.4. The van der Waals surface area contributed by atoms with Crippen molar-refractivity contribution in [3.63, 3.8) is 0 Å². The van der Waals surface area contributed by atoms with Crippen LogP contribution in [0.15, 0.2) is 0 Å². The van der Waals surface area contributed by atoms with Crippen molar-refractivity contribution in [1.29, 1.82) is 0 Å². The summed E-state index contributed by atoms with van der Waals surface area (Å²) in [7, 11) is 0. The van der Waals surface area contributed by atoms with Gasteiger partial charge in [0.05, 0.1) is 12.5 Å². The highest BCUT2D eigenvalue weighted by atomic mass is 16.6. The van der Waals surface area contributed by atoms with Gasteiger partial charge in [-0.1, -0.05) is 6.92 Å². The zero-order chi connectivity index (χ0) is 13.6. The molecule has 106 valence electrons. The fraction of sp³-hybridized carbons (Fsp3) is 0.929. The Balaban J connectivity index is 2.10. The second-order valence-corrected chi connectivity index (χ2v) is 5.91. The molecule has 1 fully saturated rings. The Hall–Kier alpha value is -0.610. The van der Waals surface area contributed by atoms with Gasteiger partial charge in [-0.25, -0.2) is 0 Å². The SMILES string of the molecule is CCC1OCCC1CNCCC(=O)OC(C)(C)C. The third kappa shape index (κ3) is 5.83. The average Bonchev–Trinajstić information content (AvgIpc) is 2.69. The Morgan fingerprint density at radius 3 is 2.78 bits per heavy atom. The van der Waals surface area contributed by atoms with Gasteiger partial charge in [-0.05, 0) is 39.5 Å². The van der Waals surface area contributed by atoms with Gasteiger partial charge in [-0.15, -0.1) is 0 Å². The highest BCUT2D eigenvalue weighted by molar-refractivity contribution is 5.70. The molecular weight excluding hydrogens is 230 g/mol. The second-order valence-electron chi connectivity index (χ2n) is 5.91. The maximum atomic E-state index is 11.5. The molecule has 0 aromatic heterocycles. The van der Waals surface area contributed by atoms with E-state index in [-0.39, 0.29) is 11.6 Å². The lowest BCUT2D eigenvalue weighted by molar-refractivity contribution is -0.154. The summed E-state index contributed by atoms with van der Waals surface area (Å²) in [6.07, 6.45) is 3.01. The molecule has 1 rings (SSSR count). The second kappa shape index (κ2) is 7.10. The smallest absolute Gasteiger partial charge is 0.307 e. The van der Waals surface area contributed by atoms with Crippen LogP contribution in [0.3, 0.4) is 0 Å². The first-order chi connectivity index (χ1) is 8.42. The van der Waals surface area contributed by atoms with E-state index in [0.717, 1.165) is 26.0 Å². The summed E-state index contributed by atoms with van der Waals surface area (Å²) in [6, 6.07) is 0. The molecule has 0 spiro atoms. The number of esters is 1. The van der Waals surface area contributed by atoms with Crippen molar-refractivity contribution >= 4 is 5.97 Å². The van der Waals surface area contributed by atoms with Gasteiger partial charge < -0.3 is 14.8 Å². The predicted octanol–water partition coefficient (Wildman–Crippen LogP) is 2.12. The number of ether oxygens (including phenoxy) is 2. The molecule has 0 radical (unpaired) electrons. The molecular formula is C14H27NO3. The van der Waals surface area contributed by atoms with Crippen LogP contribution in [0.5, 0.6) is 0 Å². The molecule has 1 aliphatic heterocycles. The molecule has 18 heavy (non-hydrogen) atoms. The van der Waals surface area contributed by atoms with Crippen LogP contribution >= 0.6 is 0 Å². The Bertz CT molecular complexity index is 260. The predicted molar refractivity (Wildman–Crippen MR) is 71.5 cm³/mol. The highest BCUT2D eigenvalue weighted by Gasteiger charge is 2.26. The van der Waals surface area contributed by atoms with Gasteiger partial charge in [0.2, 0.25) is 0 Å². The summed E-state index contributed by atoms with van der Waals surface area (Å²) in [5, 5.41) is 3.33. The number of hydrogen-bond acceptors (Lipinski definition) is 4. The van der Waals surface area contributed by atoms with E-state index in [2.05, 4.69) is 12.2 Å². The van der Waals surface area contributed by atoms with E-state index in [1.165, 1.54) is 0 Å². The Morgan fingerprint density at radius 2 is 2.17 bits per heavy atom. The molecule has 4 heteroatoms. The molecule has 2 unspecified atom stereocenters. The van der Waals surface area contributed by atoms with E-state index >= 15 is 0 Å². The van der Waals surface area contributed by atoms with Crippen molar-refractivity contribution < 1.29 is 14.3 Å². The van der Waals surface area contributed by atoms with E-state index in [1.807, 2.05) is 20.8 Å². The Morgan fingerprint density at radius 1 is 1.44 bits per heavy atom. The highest BCUT2D eigenvalue weighted by Crippen LogP contribution is 2.22. The number of carbonyl (C=O) groups is 1. The molecule has 4 nitrogen and oxygen atoms in total. The van der Waals surface area contributed by atoms with Crippen LogP contribution in [0.1, 0.15) is 47.0 Å². The zero-order valence-electron chi connectivity index (χ0n) is 12.1. The van der Waals surface area contributed by atoms with Gasteiger partial charge in [0.1, 0.15) is 5.60 Å². The van der Waals surface area contributed by atoms with Gasteiger partial charge in [0.25, 0.3) is 0 Å². The summed E-state index contributed by atoms with van der Waals surface area (Å²) < 4.78 is 10.9. The monoisotopic (exact) mass is 257 g/mol. The third-order valence-corrected chi connectivity index (χ3v) is 3.08. The normalized spacial score (nSPS) is 24.2. The molecule has 2 atom stereocenters. The van der Waals surface area contributed by atoms with Crippen LogP contribution < -0.4 is 5.32 Å². The van der Waals surface area contributed by atoms with E-state index < -0.39 is 0 Å². The van der Waals surface area contributed by atoms with Crippen LogP contribution in [-0.4, -0.2) is 37.4 Å². The van der Waals surface area contributed by atoms with Crippen LogP contribution in [0, 0.1) is 5.92 Å². The maximum absolute atomic E-state index is 11.5. The van der Waals surface area contributed by atoms with Gasteiger partial charge >= 0.3 is 5.97 Å². The van der Waals surface area contributed by atoms with Crippen LogP contribution in [0.2, 0.25) is 0 Å². The van der Waals surface area contributed by atoms with Crippen molar-refractivity contribution in [3.05, 3.63) is 0 Å². The Labute approximate surface area is 110 Å². The molecule has 0 aromatic carbocycles. The van der Waals surface area contributed by atoms with Crippen LogP contribution in [0.4, 0.5) is 0 Å². The van der Waals surface area contributed by atoms with Gasteiger partial charge in [0.15, 0.2) is 0 Å². The summed E-state index contributed by atoms with van der Waals surface area (Å²) in [4.78, 5) is 11.5. The van der Waals surface area contributed by atoms with Gasteiger partial charge in [-0.2, -0.15) is 0 Å². The fourth-order valence-corrected chi connectivity index (χ4v) is 2.25. The van der Waals surface area contributed by atoms with Crippen molar-refractivity contribution in [2.75, 3.05) is 19.7 Å². The molecule has 1 heterocycles. The summed E-state index contributed by atoms with van der Waals surface area (Å²) >= 11 is 0. The summed E-state index contributed by atoms with van der Waals surface area (Å²) in [5.41, 5.74) is -0.385. The Kier molecular flexibility index (Phi) is 6.09. The van der Waals surface area contributed by atoms with E-state index in [4.69, 9.17) is 9.47 Å². The molecule has 0 aromatic rings. The molecule has 1 N–H and O–H groups in total. The lowest BCUT2D eigenvalue weighted by Gasteiger charge is -2.20. The summed E-state index contributed by atoms with van der Waals surface area (Å²) in [5.74, 6) is 0.457. The molecule has 0 bridgehead atoms. The van der Waals surface area contributed by atoms with E-state index in [1.54, 1.807) is 0 Å². The van der Waals surface area contributed by atoms with E-state index in [0.29, 0.717) is 25.0 Å². The van der Waals surface area contributed by atoms with E-state index in [9.17, 15) is 4.79 Å². The van der Waals surface area contributed by atoms with Crippen molar-refractivity contribution in [2.45, 2.75) is 58.7 Å². The topological polar surface area (TPSA) is 47.6 Å². The van der Waals surface area contributed by atoms with Crippen LogP contribution in [0.25, 0.3) is 0 Å². The lowest BCUT2D eigenvalue weighted by Crippen LogP contribution is -2.31. The minimum Gasteiger partial charge on any atom is -0.460 e. The quantitative estimate of drug-likeness (QED) is 0.585. The molecule has 0 saturated carbocycles. The average molecular weight is 257 g/mol. The van der Waals surface area contributed by atoms with Gasteiger partial charge in [-0.3, -0.25) is 4.79 Å². The number of carbonyl (C=O) groups excluding carboxylic acids is 1. The minimum atomic E-state index is -0.385. The number of hydrogen-bond donors (Lipinski definition) is 1. The fourth-order valence-electron chi connectivity index (χ4n) is 2.25. The minimum absolute atomic E-state index is 0.135. The van der Waals surface area contributed by atoms with Crippen molar-refractivity contribution in [2.24, 2.45) is 5.92 Å². The standard InChI is InChI=1S/C14H27NO3/c1-5-12-11(7-9-17-12)10-15-8-6-13(16)18-14(2,3)4/h11-12,15H,5-10H2,1-4H3. The third-order valence-electron chi connectivity index (χ3n) is 3.08. The zero-order valence-corrected chi connectivity index (χ0v) is 12.1. The molecule has 1 aliphatic rings. The molecule has 0 aliphatic carbocycles. The first-order valence-corrected chi connectivity index (χ1v) is 6.96. The lowest BCUT2D eigenvalue weighted by atomic mass is 10.00. The van der Waals surface area contributed by atoms with Crippen molar-refractivity contribution in [3.8, 4) is 0 Å². The maximum Gasteiger partial charge on any atom is 0.307 e. The van der Waals surface area contributed by atoms with Crippen molar-refractivity contribution in [1.82, 2.24) is 5.32 Å². The van der Waals surface area contributed by atoms with Gasteiger partial charge in [0, 0.05) is 19.7 Å². The van der Waals surface area contributed by atoms with Crippen LogP contribution in [-0.2, 0) is 14.3 Å². The molecule has 1 saturated heterocycles. The molecule has 0 amide bonds. The number of nitrogens with one attached hydrogen (secondary N) is 1. The largest absolute Gasteiger partial charge is 0.460 e. The first-order valence-electron chi connectivity index (χ1n) is 6.96.